The van der Waals surface area contributed by atoms with E-state index in [9.17, 15) is 8.42 Å². The van der Waals surface area contributed by atoms with E-state index in [1.54, 1.807) is 0 Å². The van der Waals surface area contributed by atoms with Crippen molar-refractivity contribution in [2.24, 2.45) is 0 Å². The van der Waals surface area contributed by atoms with E-state index in [0.29, 0.717) is 6.54 Å². The van der Waals surface area contributed by atoms with E-state index in [1.807, 2.05) is 20.8 Å². The van der Waals surface area contributed by atoms with Gasteiger partial charge in [-0.05, 0) is 20.8 Å². The van der Waals surface area contributed by atoms with E-state index in [4.69, 9.17) is 4.55 Å². The Bertz CT molecular complexity index is 216. The predicted octanol–water partition coefficient (Wildman–Crippen LogP) is 0.194. The Morgan fingerprint density at radius 1 is 1.42 bits per heavy atom. The van der Waals surface area contributed by atoms with Crippen LogP contribution in [0, 0.1) is 0 Å². The Labute approximate surface area is 73.1 Å². The van der Waals surface area contributed by atoms with Gasteiger partial charge in [0.15, 0.2) is 0 Å². The van der Waals surface area contributed by atoms with Gasteiger partial charge in [-0.25, -0.2) is 4.18 Å². The maximum Gasteiger partial charge on any atom is 0.397 e. The van der Waals surface area contributed by atoms with Gasteiger partial charge in [-0.3, -0.25) is 4.55 Å². The van der Waals surface area contributed by atoms with Crippen LogP contribution in [0.3, 0.4) is 0 Å². The fourth-order valence-electron chi connectivity index (χ4n) is 0.573. The molecular weight excluding hydrogens is 182 g/mol. The lowest BCUT2D eigenvalue weighted by Crippen LogP contribution is -2.38. The molecule has 0 saturated heterocycles. The molecule has 0 aromatic carbocycles. The molecule has 0 radical (unpaired) electrons. The Balaban J connectivity index is 3.48. The Morgan fingerprint density at radius 3 is 2.25 bits per heavy atom. The molecule has 0 aliphatic rings. The van der Waals surface area contributed by atoms with Gasteiger partial charge in [-0.15, -0.1) is 0 Å². The van der Waals surface area contributed by atoms with Crippen molar-refractivity contribution in [2.45, 2.75) is 26.3 Å². The molecule has 2 N–H and O–H groups in total. The second-order valence-corrected chi connectivity index (χ2v) is 4.52. The molecule has 0 rings (SSSR count). The largest absolute Gasteiger partial charge is 0.397 e. The zero-order chi connectivity index (χ0) is 9.83. The van der Waals surface area contributed by atoms with Crippen LogP contribution in [0.2, 0.25) is 0 Å². The van der Waals surface area contributed by atoms with Crippen molar-refractivity contribution in [1.29, 1.82) is 0 Å². The highest BCUT2D eigenvalue weighted by atomic mass is 32.3. The van der Waals surface area contributed by atoms with Crippen LogP contribution in [-0.2, 0) is 14.6 Å². The van der Waals surface area contributed by atoms with Crippen LogP contribution >= 0.6 is 0 Å². The highest BCUT2D eigenvalue weighted by Gasteiger charge is 2.09. The average Bonchev–Trinajstić information content (AvgIpc) is 1.76. The molecule has 0 unspecified atom stereocenters. The molecule has 0 amide bonds. The van der Waals surface area contributed by atoms with Crippen LogP contribution in [0.15, 0.2) is 0 Å². The minimum Gasteiger partial charge on any atom is -0.310 e. The summed E-state index contributed by atoms with van der Waals surface area (Å²) in [6.45, 7) is 6.15. The van der Waals surface area contributed by atoms with Gasteiger partial charge in [-0.1, -0.05) is 0 Å². The summed E-state index contributed by atoms with van der Waals surface area (Å²) in [7, 11) is -4.28. The summed E-state index contributed by atoms with van der Waals surface area (Å²) >= 11 is 0. The average molecular weight is 197 g/mol. The van der Waals surface area contributed by atoms with Gasteiger partial charge in [0, 0.05) is 12.1 Å². The molecule has 0 bridgehead atoms. The molecule has 0 aliphatic heterocycles. The van der Waals surface area contributed by atoms with E-state index in [0.717, 1.165) is 0 Å². The molecule has 0 atom stereocenters. The summed E-state index contributed by atoms with van der Waals surface area (Å²) in [6, 6.07) is 0. The first kappa shape index (κ1) is 11.8. The van der Waals surface area contributed by atoms with Gasteiger partial charge in [0.25, 0.3) is 0 Å². The number of hydrogen-bond acceptors (Lipinski definition) is 4. The highest BCUT2D eigenvalue weighted by molar-refractivity contribution is 7.80. The van der Waals surface area contributed by atoms with Gasteiger partial charge in [0.1, 0.15) is 0 Å². The van der Waals surface area contributed by atoms with Crippen molar-refractivity contribution in [2.75, 3.05) is 13.2 Å². The summed E-state index contributed by atoms with van der Waals surface area (Å²) in [4.78, 5) is 0. The van der Waals surface area contributed by atoms with Crippen LogP contribution in [0.4, 0.5) is 0 Å². The smallest absolute Gasteiger partial charge is 0.310 e. The summed E-state index contributed by atoms with van der Waals surface area (Å²) in [5.74, 6) is 0. The van der Waals surface area contributed by atoms with E-state index in [-0.39, 0.29) is 12.1 Å². The van der Waals surface area contributed by atoms with Gasteiger partial charge < -0.3 is 5.32 Å². The van der Waals surface area contributed by atoms with Gasteiger partial charge in [0.05, 0.1) is 6.61 Å². The zero-order valence-corrected chi connectivity index (χ0v) is 8.31. The highest BCUT2D eigenvalue weighted by Crippen LogP contribution is 1.97. The van der Waals surface area contributed by atoms with Gasteiger partial charge >= 0.3 is 10.4 Å². The van der Waals surface area contributed by atoms with Crippen LogP contribution in [0.5, 0.6) is 0 Å². The number of nitrogens with one attached hydrogen (secondary N) is 1. The summed E-state index contributed by atoms with van der Waals surface area (Å²) in [5, 5.41) is 2.99. The molecule has 0 saturated carbocycles. The fraction of sp³-hybridized carbons (Fsp3) is 1.00. The summed E-state index contributed by atoms with van der Waals surface area (Å²) in [6.07, 6.45) is 0. The first-order chi connectivity index (χ1) is 5.21. The summed E-state index contributed by atoms with van der Waals surface area (Å²) in [5.41, 5.74) is -0.0808. The van der Waals surface area contributed by atoms with Crippen molar-refractivity contribution >= 4 is 10.4 Å². The van der Waals surface area contributed by atoms with Gasteiger partial charge in [-0.2, -0.15) is 8.42 Å². The molecule has 0 aliphatic carbocycles. The van der Waals surface area contributed by atoms with Crippen molar-refractivity contribution in [1.82, 2.24) is 5.32 Å². The zero-order valence-electron chi connectivity index (χ0n) is 7.49. The van der Waals surface area contributed by atoms with Gasteiger partial charge in [0.2, 0.25) is 0 Å². The lowest BCUT2D eigenvalue weighted by molar-refractivity contribution is 0.255. The Kier molecular flexibility index (Phi) is 4.12. The lowest BCUT2D eigenvalue weighted by atomic mass is 10.1. The Hall–Kier alpha value is -0.170. The van der Waals surface area contributed by atoms with E-state index in [1.165, 1.54) is 0 Å². The monoisotopic (exact) mass is 197 g/mol. The maximum absolute atomic E-state index is 10.1. The van der Waals surface area contributed by atoms with E-state index < -0.39 is 10.4 Å². The topological polar surface area (TPSA) is 75.6 Å². The van der Waals surface area contributed by atoms with E-state index in [2.05, 4.69) is 9.50 Å². The third-order valence-electron chi connectivity index (χ3n) is 0.990. The molecule has 12 heavy (non-hydrogen) atoms. The fourth-order valence-corrected chi connectivity index (χ4v) is 0.867. The molecule has 6 heteroatoms. The number of rotatable bonds is 4. The second kappa shape index (κ2) is 4.18. The minimum atomic E-state index is -4.28. The minimum absolute atomic E-state index is 0.0594. The molecule has 0 aromatic rings. The molecule has 74 valence electrons. The quantitative estimate of drug-likeness (QED) is 0.497. The third-order valence-corrected chi connectivity index (χ3v) is 1.45. The van der Waals surface area contributed by atoms with Crippen molar-refractivity contribution in [3.05, 3.63) is 0 Å². The van der Waals surface area contributed by atoms with Crippen molar-refractivity contribution < 1.29 is 17.2 Å². The first-order valence-corrected chi connectivity index (χ1v) is 4.94. The Morgan fingerprint density at radius 2 is 1.92 bits per heavy atom. The molecular formula is C6H15NO4S. The number of hydrogen-bond donors (Lipinski definition) is 2. The standard InChI is InChI=1S/C6H15NO4S/c1-6(2,3)7-4-5-11-12(8,9)10/h7H,4-5H2,1-3H3,(H,8,9,10). The normalized spacial score (nSPS) is 13.3. The molecule has 0 heterocycles. The molecule has 0 spiro atoms. The first-order valence-electron chi connectivity index (χ1n) is 3.57. The summed E-state index contributed by atoms with van der Waals surface area (Å²) < 4.78 is 32.4. The van der Waals surface area contributed by atoms with Crippen LogP contribution in [-0.4, -0.2) is 31.7 Å². The van der Waals surface area contributed by atoms with Crippen molar-refractivity contribution in [3.63, 3.8) is 0 Å². The molecule has 0 fully saturated rings. The van der Waals surface area contributed by atoms with Crippen LogP contribution in [0.1, 0.15) is 20.8 Å². The van der Waals surface area contributed by atoms with E-state index >= 15 is 0 Å². The molecule has 5 nitrogen and oxygen atoms in total. The van der Waals surface area contributed by atoms with Crippen molar-refractivity contribution in [3.8, 4) is 0 Å². The second-order valence-electron chi connectivity index (χ2n) is 3.43. The van der Waals surface area contributed by atoms with Crippen LogP contribution < -0.4 is 5.32 Å². The SMILES string of the molecule is CC(C)(C)NCCOS(=O)(=O)O. The predicted molar refractivity (Wildman–Crippen MR) is 45.3 cm³/mol. The third kappa shape index (κ3) is 9.83. The molecule has 0 aromatic heterocycles. The maximum atomic E-state index is 10.1. The lowest BCUT2D eigenvalue weighted by Gasteiger charge is -2.19. The van der Waals surface area contributed by atoms with Crippen LogP contribution in [0.25, 0.3) is 0 Å².